The molecule has 0 spiro atoms. The van der Waals surface area contributed by atoms with E-state index in [9.17, 15) is 14.7 Å². The molecule has 0 atom stereocenters. The van der Waals surface area contributed by atoms with Crippen molar-refractivity contribution in [1.29, 1.82) is 0 Å². The van der Waals surface area contributed by atoms with E-state index in [2.05, 4.69) is 11.5 Å². The van der Waals surface area contributed by atoms with E-state index < -0.39 is 0 Å². The Labute approximate surface area is 146 Å². The van der Waals surface area contributed by atoms with Crippen molar-refractivity contribution in [3.63, 3.8) is 0 Å². The van der Waals surface area contributed by atoms with Crippen molar-refractivity contribution in [2.75, 3.05) is 42.9 Å². The smallest absolute Gasteiger partial charge is 0.238 e. The highest BCUT2D eigenvalue weighted by atomic mass is 16.7. The number of hydrogen-bond acceptors (Lipinski definition) is 6. The summed E-state index contributed by atoms with van der Waals surface area (Å²) in [6.07, 6.45) is 2.58. The van der Waals surface area contributed by atoms with Gasteiger partial charge in [-0.1, -0.05) is 6.08 Å². The lowest BCUT2D eigenvalue weighted by molar-refractivity contribution is -0.113. The van der Waals surface area contributed by atoms with E-state index in [0.717, 1.165) is 23.8 Å². The highest BCUT2D eigenvalue weighted by molar-refractivity contribution is 5.90. The zero-order valence-electron chi connectivity index (χ0n) is 14.2. The minimum Gasteiger partial charge on any atom is -0.507 e. The van der Waals surface area contributed by atoms with Gasteiger partial charge in [0.2, 0.25) is 6.41 Å². The molecule has 0 aliphatic carbocycles. The molecule has 1 amide bonds. The van der Waals surface area contributed by atoms with Crippen molar-refractivity contribution in [2.24, 2.45) is 0 Å². The van der Waals surface area contributed by atoms with Gasteiger partial charge in [0, 0.05) is 29.9 Å². The Morgan fingerprint density at radius 1 is 1.40 bits per heavy atom. The monoisotopic (exact) mass is 346 g/mol. The second-order valence-electron chi connectivity index (χ2n) is 5.47. The van der Waals surface area contributed by atoms with Crippen LogP contribution in [0.5, 0.6) is 0 Å². The molecule has 1 aromatic carbocycles. The summed E-state index contributed by atoms with van der Waals surface area (Å²) in [5.74, 6) is -0.201. The van der Waals surface area contributed by atoms with Crippen LogP contribution in [0.15, 0.2) is 36.4 Å². The summed E-state index contributed by atoms with van der Waals surface area (Å²) in [4.78, 5) is 29.9. The van der Waals surface area contributed by atoms with Gasteiger partial charge in [0.15, 0.2) is 0 Å². The Kier molecular flexibility index (Phi) is 6.73. The van der Waals surface area contributed by atoms with Crippen molar-refractivity contribution >= 4 is 29.8 Å². The van der Waals surface area contributed by atoms with Gasteiger partial charge in [0.05, 0.1) is 25.5 Å². The first-order valence-corrected chi connectivity index (χ1v) is 7.92. The average Bonchev–Trinajstić information content (AvgIpc) is 2.68. The number of nitrogens with zero attached hydrogens (tertiary/aromatic N) is 2. The maximum absolute atomic E-state index is 11.5. The summed E-state index contributed by atoms with van der Waals surface area (Å²) in [6, 6.07) is 5.23. The number of anilines is 2. The highest BCUT2D eigenvalue weighted by Gasteiger charge is 2.19. The predicted molar refractivity (Wildman–Crippen MR) is 95.5 cm³/mol. The number of allylic oxidation sites excluding steroid dienone is 1. The maximum atomic E-state index is 11.5. The highest BCUT2D eigenvalue weighted by Crippen LogP contribution is 2.32. The van der Waals surface area contributed by atoms with E-state index in [1.807, 2.05) is 6.07 Å². The first kappa shape index (κ1) is 18.7. The summed E-state index contributed by atoms with van der Waals surface area (Å²) in [7, 11) is 0. The second kappa shape index (κ2) is 9.00. The van der Waals surface area contributed by atoms with Gasteiger partial charge in [-0.15, -0.1) is 6.58 Å². The number of amides is 1. The van der Waals surface area contributed by atoms with Gasteiger partial charge in [-0.05, 0) is 25.1 Å². The van der Waals surface area contributed by atoms with Crippen LogP contribution in [0.1, 0.15) is 12.5 Å². The molecule has 0 saturated carbocycles. The van der Waals surface area contributed by atoms with Crippen LogP contribution < -0.4 is 9.96 Å². The van der Waals surface area contributed by atoms with Gasteiger partial charge in [-0.3, -0.25) is 14.4 Å². The molecule has 1 heterocycles. The van der Waals surface area contributed by atoms with E-state index >= 15 is 0 Å². The Balaban J connectivity index is 2.49. The predicted octanol–water partition coefficient (Wildman–Crippen LogP) is 2.09. The number of aliphatic hydroxyl groups excluding tert-OH is 1. The Bertz CT molecular complexity index is 665. The number of hydrogen-bond donors (Lipinski definition) is 1. The minimum atomic E-state index is -0.201. The zero-order chi connectivity index (χ0) is 18.2. The number of carbonyl (C=O) groups is 2. The minimum absolute atomic E-state index is 0.122. The van der Waals surface area contributed by atoms with E-state index in [-0.39, 0.29) is 17.9 Å². The fraction of sp³-hybridized carbons (Fsp3) is 0.333. The van der Waals surface area contributed by atoms with E-state index in [0.29, 0.717) is 37.2 Å². The first-order chi connectivity index (χ1) is 12.1. The lowest BCUT2D eigenvalue weighted by atomic mass is 10.1. The molecule has 25 heavy (non-hydrogen) atoms. The van der Waals surface area contributed by atoms with Crippen LogP contribution in [0.3, 0.4) is 0 Å². The number of hydroxylamine groups is 1. The molecule has 7 nitrogen and oxygen atoms in total. The lowest BCUT2D eigenvalue weighted by Crippen LogP contribution is -2.36. The molecule has 0 radical (unpaired) electrons. The van der Waals surface area contributed by atoms with Gasteiger partial charge in [0.25, 0.3) is 0 Å². The third kappa shape index (κ3) is 4.46. The van der Waals surface area contributed by atoms with Crippen LogP contribution in [0.4, 0.5) is 11.4 Å². The summed E-state index contributed by atoms with van der Waals surface area (Å²) in [5.41, 5.74) is 1.71. The standard InChI is InChI=1S/C18H22N2O5/c1-3-8-25-20(13-22)17-11-15(19-6-9-24-10-7-19)4-5-16(17)18(23)14(2)12-21/h3-5,11-13,23H,1,6-10H2,2H3/b18-14-. The number of carbonyl (C=O) groups excluding carboxylic acids is 2. The van der Waals surface area contributed by atoms with Gasteiger partial charge < -0.3 is 14.7 Å². The molecule has 1 fully saturated rings. The molecule has 0 aromatic heterocycles. The Hall–Kier alpha value is -2.64. The molecule has 0 bridgehead atoms. The van der Waals surface area contributed by atoms with E-state index in [1.54, 1.807) is 12.1 Å². The normalized spacial score (nSPS) is 15.3. The van der Waals surface area contributed by atoms with Gasteiger partial charge >= 0.3 is 0 Å². The van der Waals surface area contributed by atoms with Crippen LogP contribution in [-0.2, 0) is 19.2 Å². The number of ether oxygens (including phenoxy) is 1. The quantitative estimate of drug-likeness (QED) is 0.255. The molecular weight excluding hydrogens is 324 g/mol. The first-order valence-electron chi connectivity index (χ1n) is 7.92. The van der Waals surface area contributed by atoms with Gasteiger partial charge in [-0.25, -0.2) is 0 Å². The second-order valence-corrected chi connectivity index (χ2v) is 5.47. The van der Waals surface area contributed by atoms with Crippen molar-refractivity contribution in [1.82, 2.24) is 0 Å². The number of aliphatic hydroxyl groups is 1. The molecule has 0 unspecified atom stereocenters. The SMILES string of the molecule is C=CCON(C=O)c1cc(N2CCOCC2)ccc1/C(O)=C(\C)C=O. The van der Waals surface area contributed by atoms with Crippen LogP contribution >= 0.6 is 0 Å². The fourth-order valence-corrected chi connectivity index (χ4v) is 2.48. The van der Waals surface area contributed by atoms with Crippen molar-refractivity contribution in [3.05, 3.63) is 42.0 Å². The van der Waals surface area contributed by atoms with Crippen molar-refractivity contribution in [2.45, 2.75) is 6.92 Å². The van der Waals surface area contributed by atoms with E-state index in [4.69, 9.17) is 9.57 Å². The van der Waals surface area contributed by atoms with Gasteiger partial charge in [0.1, 0.15) is 12.0 Å². The number of benzene rings is 1. The third-order valence-electron chi connectivity index (χ3n) is 3.83. The summed E-state index contributed by atoms with van der Waals surface area (Å²) >= 11 is 0. The van der Waals surface area contributed by atoms with E-state index in [1.165, 1.54) is 13.0 Å². The maximum Gasteiger partial charge on any atom is 0.238 e. The third-order valence-corrected chi connectivity index (χ3v) is 3.83. The molecule has 7 heteroatoms. The fourth-order valence-electron chi connectivity index (χ4n) is 2.48. The summed E-state index contributed by atoms with van der Waals surface area (Å²) in [6.45, 7) is 7.87. The van der Waals surface area contributed by atoms with Crippen molar-refractivity contribution in [3.8, 4) is 0 Å². The lowest BCUT2D eigenvalue weighted by Gasteiger charge is -2.30. The topological polar surface area (TPSA) is 79.3 Å². The van der Waals surface area contributed by atoms with Crippen LogP contribution in [0.25, 0.3) is 5.76 Å². The summed E-state index contributed by atoms with van der Waals surface area (Å²) < 4.78 is 5.35. The van der Waals surface area contributed by atoms with Crippen molar-refractivity contribution < 1.29 is 24.3 Å². The van der Waals surface area contributed by atoms with Crippen LogP contribution in [0.2, 0.25) is 0 Å². The number of rotatable bonds is 8. The molecular formula is C18H22N2O5. The summed E-state index contributed by atoms with van der Waals surface area (Å²) in [5, 5.41) is 11.4. The molecule has 1 N–H and O–H groups in total. The zero-order valence-corrected chi connectivity index (χ0v) is 14.2. The number of aldehydes is 1. The Morgan fingerprint density at radius 3 is 2.72 bits per heavy atom. The molecule has 134 valence electrons. The van der Waals surface area contributed by atoms with Gasteiger partial charge in [-0.2, -0.15) is 5.06 Å². The van der Waals surface area contributed by atoms with Crippen LogP contribution in [-0.4, -0.2) is 50.7 Å². The number of morpholine rings is 1. The molecule has 1 aliphatic rings. The molecule has 1 aliphatic heterocycles. The molecule has 1 aromatic rings. The molecule has 2 rings (SSSR count). The Morgan fingerprint density at radius 2 is 2.12 bits per heavy atom. The van der Waals surface area contributed by atoms with Crippen LogP contribution in [0, 0.1) is 0 Å². The molecule has 1 saturated heterocycles. The largest absolute Gasteiger partial charge is 0.507 e. The average molecular weight is 346 g/mol.